The predicted octanol–water partition coefficient (Wildman–Crippen LogP) is 1.84. The number of nitrogens with two attached hydrogens (primary N) is 1. The van der Waals surface area contributed by atoms with Gasteiger partial charge in [-0.1, -0.05) is 6.92 Å². The highest BCUT2D eigenvalue weighted by Gasteiger charge is 2.04. The van der Waals surface area contributed by atoms with Crippen molar-refractivity contribution in [1.82, 2.24) is 9.97 Å². The lowest BCUT2D eigenvalue weighted by Crippen LogP contribution is -2.20. The maximum Gasteiger partial charge on any atom is 0.131 e. The molecule has 96 valence electrons. The van der Waals surface area contributed by atoms with E-state index in [1.54, 1.807) is 6.33 Å². The van der Waals surface area contributed by atoms with Crippen LogP contribution in [-0.4, -0.2) is 28.6 Å². The van der Waals surface area contributed by atoms with Gasteiger partial charge in [0.2, 0.25) is 0 Å². The van der Waals surface area contributed by atoms with Crippen molar-refractivity contribution in [3.05, 3.63) is 12.4 Å². The van der Waals surface area contributed by atoms with Gasteiger partial charge in [0.15, 0.2) is 0 Å². The van der Waals surface area contributed by atoms with Crippen LogP contribution < -0.4 is 16.4 Å². The summed E-state index contributed by atoms with van der Waals surface area (Å²) < 4.78 is 0. The van der Waals surface area contributed by atoms with Crippen molar-refractivity contribution in [2.45, 2.75) is 45.7 Å². The molecule has 0 radical (unpaired) electrons. The molecule has 1 heterocycles. The molecule has 1 rings (SSSR count). The second kappa shape index (κ2) is 7.06. The van der Waals surface area contributed by atoms with E-state index in [2.05, 4.69) is 41.4 Å². The molecule has 5 heteroatoms. The number of hydrogen-bond donors (Lipinski definition) is 3. The van der Waals surface area contributed by atoms with E-state index in [9.17, 15) is 0 Å². The van der Waals surface area contributed by atoms with E-state index in [0.717, 1.165) is 24.5 Å². The largest absolute Gasteiger partial charge is 0.367 e. The van der Waals surface area contributed by atoms with E-state index >= 15 is 0 Å². The first-order chi connectivity index (χ1) is 8.15. The third-order valence-electron chi connectivity index (χ3n) is 2.67. The maximum atomic E-state index is 5.51. The van der Waals surface area contributed by atoms with Gasteiger partial charge in [-0.2, -0.15) is 0 Å². The van der Waals surface area contributed by atoms with Crippen LogP contribution in [0.2, 0.25) is 0 Å². The monoisotopic (exact) mass is 237 g/mol. The van der Waals surface area contributed by atoms with Crippen molar-refractivity contribution in [1.29, 1.82) is 0 Å². The normalized spacial score (nSPS) is 14.1. The van der Waals surface area contributed by atoms with Crippen LogP contribution in [0.1, 0.15) is 33.6 Å². The first-order valence-corrected chi connectivity index (χ1v) is 6.20. The Kier molecular flexibility index (Phi) is 5.69. The van der Waals surface area contributed by atoms with Gasteiger partial charge in [-0.3, -0.25) is 0 Å². The van der Waals surface area contributed by atoms with Gasteiger partial charge in [0.1, 0.15) is 18.0 Å². The highest BCUT2D eigenvalue weighted by molar-refractivity contribution is 5.47. The zero-order valence-corrected chi connectivity index (χ0v) is 10.9. The third kappa shape index (κ3) is 4.99. The molecule has 0 amide bonds. The van der Waals surface area contributed by atoms with Crippen LogP contribution in [0, 0.1) is 0 Å². The Bertz CT molecular complexity index is 328. The molecule has 2 atom stereocenters. The maximum absolute atomic E-state index is 5.51. The minimum absolute atomic E-state index is 0.325. The second-order valence-corrected chi connectivity index (χ2v) is 4.36. The number of rotatable bonds is 7. The van der Waals surface area contributed by atoms with Crippen LogP contribution >= 0.6 is 0 Å². The van der Waals surface area contributed by atoms with Gasteiger partial charge in [-0.25, -0.2) is 9.97 Å². The average molecular weight is 237 g/mol. The zero-order chi connectivity index (χ0) is 12.7. The van der Waals surface area contributed by atoms with E-state index < -0.39 is 0 Å². The highest BCUT2D eigenvalue weighted by Crippen LogP contribution is 2.12. The second-order valence-electron chi connectivity index (χ2n) is 4.36. The molecule has 1 aromatic heterocycles. The van der Waals surface area contributed by atoms with Crippen LogP contribution in [0.3, 0.4) is 0 Å². The number of nitrogens with zero attached hydrogens (tertiary/aromatic N) is 2. The van der Waals surface area contributed by atoms with E-state index in [1.165, 1.54) is 0 Å². The minimum Gasteiger partial charge on any atom is -0.367 e. The van der Waals surface area contributed by atoms with E-state index in [1.807, 2.05) is 6.07 Å². The molecular weight excluding hydrogens is 214 g/mol. The minimum atomic E-state index is 0.325. The molecule has 0 aliphatic carbocycles. The third-order valence-corrected chi connectivity index (χ3v) is 2.67. The summed E-state index contributed by atoms with van der Waals surface area (Å²) in [7, 11) is 0. The summed E-state index contributed by atoms with van der Waals surface area (Å²) in [5, 5.41) is 6.62. The van der Waals surface area contributed by atoms with Gasteiger partial charge in [-0.05, 0) is 33.2 Å². The quantitative estimate of drug-likeness (QED) is 0.674. The summed E-state index contributed by atoms with van der Waals surface area (Å²) in [5.41, 5.74) is 5.51. The summed E-state index contributed by atoms with van der Waals surface area (Å²) in [6.45, 7) is 7.04. The standard InChI is InChI=1S/C12H23N5/c1-4-9(2)16-11-7-12(15-8-14-11)17-10(3)5-6-13/h7-10H,4-6,13H2,1-3H3,(H2,14,15,16,17). The molecule has 0 fully saturated rings. The fourth-order valence-electron chi connectivity index (χ4n) is 1.44. The van der Waals surface area contributed by atoms with Crippen LogP contribution in [-0.2, 0) is 0 Å². The van der Waals surface area contributed by atoms with Crippen LogP contribution in [0.5, 0.6) is 0 Å². The summed E-state index contributed by atoms with van der Waals surface area (Å²) in [4.78, 5) is 8.39. The van der Waals surface area contributed by atoms with Crippen molar-refractivity contribution in [3.63, 3.8) is 0 Å². The van der Waals surface area contributed by atoms with Gasteiger partial charge in [-0.15, -0.1) is 0 Å². The van der Waals surface area contributed by atoms with Gasteiger partial charge >= 0.3 is 0 Å². The lowest BCUT2D eigenvalue weighted by atomic mass is 10.2. The Morgan fingerprint density at radius 2 is 1.76 bits per heavy atom. The summed E-state index contributed by atoms with van der Waals surface area (Å²) in [6.07, 6.45) is 3.57. The van der Waals surface area contributed by atoms with Crippen LogP contribution in [0.25, 0.3) is 0 Å². The van der Waals surface area contributed by atoms with E-state index in [-0.39, 0.29) is 0 Å². The van der Waals surface area contributed by atoms with Crippen LogP contribution in [0.4, 0.5) is 11.6 Å². The predicted molar refractivity (Wildman–Crippen MR) is 72.2 cm³/mol. The zero-order valence-electron chi connectivity index (χ0n) is 10.9. The van der Waals surface area contributed by atoms with Gasteiger partial charge in [0.05, 0.1) is 0 Å². The molecular formula is C12H23N5. The van der Waals surface area contributed by atoms with E-state index in [4.69, 9.17) is 5.73 Å². The van der Waals surface area contributed by atoms with Crippen molar-refractivity contribution in [2.75, 3.05) is 17.2 Å². The van der Waals surface area contributed by atoms with Crippen molar-refractivity contribution in [3.8, 4) is 0 Å². The highest BCUT2D eigenvalue weighted by atomic mass is 15.1. The first-order valence-electron chi connectivity index (χ1n) is 6.20. The molecule has 0 saturated heterocycles. The molecule has 0 aliphatic heterocycles. The molecule has 1 aromatic rings. The van der Waals surface area contributed by atoms with E-state index in [0.29, 0.717) is 18.6 Å². The SMILES string of the molecule is CCC(C)Nc1cc(NC(C)CCN)ncn1. The molecule has 0 spiro atoms. The van der Waals surface area contributed by atoms with Crippen molar-refractivity contribution in [2.24, 2.45) is 5.73 Å². The molecule has 17 heavy (non-hydrogen) atoms. The fraction of sp³-hybridized carbons (Fsp3) is 0.667. The fourth-order valence-corrected chi connectivity index (χ4v) is 1.44. The number of anilines is 2. The molecule has 0 bridgehead atoms. The molecule has 0 aromatic carbocycles. The molecule has 0 aliphatic rings. The number of aromatic nitrogens is 2. The molecule has 2 unspecified atom stereocenters. The summed E-state index contributed by atoms with van der Waals surface area (Å²) in [6, 6.07) is 2.67. The lowest BCUT2D eigenvalue weighted by Gasteiger charge is -2.15. The van der Waals surface area contributed by atoms with Crippen molar-refractivity contribution < 1.29 is 0 Å². The molecule has 5 nitrogen and oxygen atoms in total. The Balaban J connectivity index is 2.59. The first kappa shape index (κ1) is 13.7. The van der Waals surface area contributed by atoms with Gasteiger partial charge in [0.25, 0.3) is 0 Å². The number of nitrogens with one attached hydrogen (secondary N) is 2. The van der Waals surface area contributed by atoms with Gasteiger partial charge in [0, 0.05) is 18.2 Å². The summed E-state index contributed by atoms with van der Waals surface area (Å²) in [5.74, 6) is 1.70. The topological polar surface area (TPSA) is 75.9 Å². The van der Waals surface area contributed by atoms with Gasteiger partial charge < -0.3 is 16.4 Å². The summed E-state index contributed by atoms with van der Waals surface area (Å²) >= 11 is 0. The van der Waals surface area contributed by atoms with Crippen LogP contribution in [0.15, 0.2) is 12.4 Å². The molecule has 0 saturated carbocycles. The smallest absolute Gasteiger partial charge is 0.131 e. The Morgan fingerprint density at radius 3 is 2.29 bits per heavy atom. The van der Waals surface area contributed by atoms with Crippen molar-refractivity contribution >= 4 is 11.6 Å². The number of hydrogen-bond acceptors (Lipinski definition) is 5. The lowest BCUT2D eigenvalue weighted by molar-refractivity contribution is 0.712. The Morgan fingerprint density at radius 1 is 1.18 bits per heavy atom. The Labute approximate surface area is 103 Å². The Hall–Kier alpha value is -1.36. The average Bonchev–Trinajstić information content (AvgIpc) is 2.29. The molecule has 4 N–H and O–H groups in total.